The van der Waals surface area contributed by atoms with Crippen molar-refractivity contribution in [3.05, 3.63) is 17.3 Å². The van der Waals surface area contributed by atoms with Gasteiger partial charge in [-0.1, -0.05) is 0 Å². The maximum atomic E-state index is 11.6. The van der Waals surface area contributed by atoms with Gasteiger partial charge in [-0.3, -0.25) is 4.79 Å². The van der Waals surface area contributed by atoms with Crippen molar-refractivity contribution in [1.29, 1.82) is 0 Å². The molecule has 0 spiro atoms. The van der Waals surface area contributed by atoms with E-state index < -0.39 is 5.97 Å². The summed E-state index contributed by atoms with van der Waals surface area (Å²) in [7, 11) is 0. The molecule has 0 radical (unpaired) electrons. The lowest BCUT2D eigenvalue weighted by Gasteiger charge is -2.03. The Labute approximate surface area is 97.8 Å². The molecular weight excluding hydrogens is 228 g/mol. The van der Waals surface area contributed by atoms with Gasteiger partial charge < -0.3 is 19.6 Å². The summed E-state index contributed by atoms with van der Waals surface area (Å²) < 4.78 is 9.87. The fourth-order valence-electron chi connectivity index (χ4n) is 1.22. The second kappa shape index (κ2) is 6.00. The van der Waals surface area contributed by atoms with Crippen LogP contribution in [0.5, 0.6) is 0 Å². The van der Waals surface area contributed by atoms with E-state index in [9.17, 15) is 9.59 Å². The van der Waals surface area contributed by atoms with Crippen LogP contribution in [0.3, 0.4) is 0 Å². The van der Waals surface area contributed by atoms with Gasteiger partial charge in [0.2, 0.25) is 5.76 Å². The molecule has 0 saturated carbocycles. The van der Waals surface area contributed by atoms with Crippen molar-refractivity contribution in [2.45, 2.75) is 13.8 Å². The summed E-state index contributed by atoms with van der Waals surface area (Å²) in [6.07, 6.45) is 0. The van der Waals surface area contributed by atoms with Crippen molar-refractivity contribution in [2.24, 2.45) is 0 Å². The molecule has 7 nitrogen and oxygen atoms in total. The number of ether oxygens (including phenoxy) is 1. The van der Waals surface area contributed by atoms with Crippen LogP contribution >= 0.6 is 0 Å². The summed E-state index contributed by atoms with van der Waals surface area (Å²) in [5, 5.41) is 10.8. The normalized spacial score (nSPS) is 10.2. The number of aliphatic carboxylic acids is 1. The molecule has 1 aromatic rings. The molecule has 0 atom stereocenters. The van der Waals surface area contributed by atoms with Gasteiger partial charge in [0.05, 0.1) is 12.3 Å². The first-order valence-corrected chi connectivity index (χ1v) is 5.02. The molecule has 0 bridgehead atoms. The van der Waals surface area contributed by atoms with Gasteiger partial charge in [-0.15, -0.1) is 0 Å². The zero-order valence-corrected chi connectivity index (χ0v) is 9.65. The second-order valence-corrected chi connectivity index (χ2v) is 3.35. The molecule has 17 heavy (non-hydrogen) atoms. The second-order valence-electron chi connectivity index (χ2n) is 3.35. The minimum absolute atomic E-state index is 0.129. The minimum atomic E-state index is -1.04. The molecule has 1 amide bonds. The number of carboxylic acid groups (broad SMARTS) is 1. The van der Waals surface area contributed by atoms with Crippen LogP contribution in [-0.2, 0) is 9.53 Å². The van der Waals surface area contributed by atoms with E-state index in [0.717, 1.165) is 0 Å². The maximum absolute atomic E-state index is 11.6. The molecule has 1 aromatic heterocycles. The number of carbonyl (C=O) groups is 2. The lowest BCUT2D eigenvalue weighted by Crippen LogP contribution is -2.28. The number of aromatic nitrogens is 1. The average molecular weight is 242 g/mol. The topological polar surface area (TPSA) is 102 Å². The minimum Gasteiger partial charge on any atom is -0.480 e. The van der Waals surface area contributed by atoms with E-state index in [0.29, 0.717) is 11.6 Å². The number of aryl methyl sites for hydroxylation is 2. The van der Waals surface area contributed by atoms with Crippen LogP contribution in [0.25, 0.3) is 0 Å². The zero-order chi connectivity index (χ0) is 12.8. The summed E-state index contributed by atoms with van der Waals surface area (Å²) in [6, 6.07) is 0. The molecule has 0 fully saturated rings. The van der Waals surface area contributed by atoms with Crippen LogP contribution in [0, 0.1) is 13.8 Å². The van der Waals surface area contributed by atoms with Crippen LogP contribution in [0.1, 0.15) is 22.1 Å². The lowest BCUT2D eigenvalue weighted by molar-refractivity contribution is -0.142. The van der Waals surface area contributed by atoms with E-state index in [1.54, 1.807) is 13.8 Å². The van der Waals surface area contributed by atoms with Crippen molar-refractivity contribution in [1.82, 2.24) is 10.3 Å². The smallest absolute Gasteiger partial charge is 0.329 e. The van der Waals surface area contributed by atoms with Crippen LogP contribution in [0.2, 0.25) is 0 Å². The van der Waals surface area contributed by atoms with Crippen LogP contribution in [0.4, 0.5) is 0 Å². The van der Waals surface area contributed by atoms with Gasteiger partial charge in [0.15, 0.2) is 5.89 Å². The molecule has 1 rings (SSSR count). The molecule has 2 N–H and O–H groups in total. The predicted octanol–water partition coefficient (Wildman–Crippen LogP) is 0.122. The molecule has 0 aliphatic carbocycles. The number of carboxylic acids is 1. The molecule has 94 valence electrons. The maximum Gasteiger partial charge on any atom is 0.329 e. The number of amides is 1. The first-order chi connectivity index (χ1) is 8.00. The van der Waals surface area contributed by atoms with Crippen LogP contribution in [-0.4, -0.2) is 41.7 Å². The molecule has 0 saturated heterocycles. The Morgan fingerprint density at radius 2 is 2.18 bits per heavy atom. The summed E-state index contributed by atoms with van der Waals surface area (Å²) in [5.74, 6) is -0.837. The number of hydrogen-bond acceptors (Lipinski definition) is 5. The predicted molar refractivity (Wildman–Crippen MR) is 56.8 cm³/mol. The number of carbonyl (C=O) groups excluding carboxylic acids is 1. The number of nitrogens with one attached hydrogen (secondary N) is 1. The number of oxazole rings is 1. The van der Waals surface area contributed by atoms with E-state index in [4.69, 9.17) is 14.3 Å². The average Bonchev–Trinajstić information content (AvgIpc) is 2.56. The Morgan fingerprint density at radius 3 is 2.71 bits per heavy atom. The van der Waals surface area contributed by atoms with E-state index in [2.05, 4.69) is 10.3 Å². The number of nitrogens with zero attached hydrogens (tertiary/aromatic N) is 1. The van der Waals surface area contributed by atoms with Gasteiger partial charge in [0.1, 0.15) is 6.61 Å². The first-order valence-electron chi connectivity index (χ1n) is 5.02. The van der Waals surface area contributed by atoms with Crippen LogP contribution in [0.15, 0.2) is 4.42 Å². The van der Waals surface area contributed by atoms with Crippen molar-refractivity contribution < 1.29 is 23.8 Å². The first kappa shape index (κ1) is 13.2. The summed E-state index contributed by atoms with van der Waals surface area (Å²) >= 11 is 0. The summed E-state index contributed by atoms with van der Waals surface area (Å²) in [6.45, 7) is 3.29. The standard InChI is InChI=1S/C10H14N2O5/c1-6-9(17-7(2)12-6)10(15)11-3-4-16-5-8(13)14/h3-5H2,1-2H3,(H,11,15)(H,13,14). The molecule has 0 aliphatic heterocycles. The van der Waals surface area contributed by atoms with E-state index in [1.807, 2.05) is 0 Å². The quantitative estimate of drug-likeness (QED) is 0.687. The van der Waals surface area contributed by atoms with E-state index >= 15 is 0 Å². The zero-order valence-electron chi connectivity index (χ0n) is 9.65. The van der Waals surface area contributed by atoms with E-state index in [1.165, 1.54) is 0 Å². The Hall–Kier alpha value is -1.89. The highest BCUT2D eigenvalue weighted by atomic mass is 16.5. The summed E-state index contributed by atoms with van der Waals surface area (Å²) in [5.41, 5.74) is 0.520. The van der Waals surface area contributed by atoms with Gasteiger partial charge in [-0.05, 0) is 6.92 Å². The van der Waals surface area contributed by atoms with Gasteiger partial charge in [0, 0.05) is 13.5 Å². The third-order valence-electron chi connectivity index (χ3n) is 1.87. The fraction of sp³-hybridized carbons (Fsp3) is 0.500. The lowest BCUT2D eigenvalue weighted by atomic mass is 10.3. The Balaban J connectivity index is 2.30. The Kier molecular flexibility index (Phi) is 4.65. The highest BCUT2D eigenvalue weighted by Crippen LogP contribution is 2.08. The monoisotopic (exact) mass is 242 g/mol. The highest BCUT2D eigenvalue weighted by Gasteiger charge is 2.14. The number of hydrogen-bond donors (Lipinski definition) is 2. The molecular formula is C10H14N2O5. The molecule has 1 heterocycles. The van der Waals surface area contributed by atoms with Gasteiger partial charge in [-0.25, -0.2) is 9.78 Å². The molecule has 0 unspecified atom stereocenters. The fourth-order valence-corrected chi connectivity index (χ4v) is 1.22. The SMILES string of the molecule is Cc1nc(C)c(C(=O)NCCOCC(=O)O)o1. The Bertz CT molecular complexity index is 413. The van der Waals surface area contributed by atoms with Gasteiger partial charge in [0.25, 0.3) is 5.91 Å². The third-order valence-corrected chi connectivity index (χ3v) is 1.87. The highest BCUT2D eigenvalue weighted by molar-refractivity contribution is 5.92. The van der Waals surface area contributed by atoms with Crippen LogP contribution < -0.4 is 5.32 Å². The van der Waals surface area contributed by atoms with Crippen molar-refractivity contribution in [3.63, 3.8) is 0 Å². The molecule has 0 aromatic carbocycles. The Morgan fingerprint density at radius 1 is 1.47 bits per heavy atom. The van der Waals surface area contributed by atoms with Crippen molar-refractivity contribution in [2.75, 3.05) is 19.8 Å². The van der Waals surface area contributed by atoms with Gasteiger partial charge >= 0.3 is 5.97 Å². The van der Waals surface area contributed by atoms with Crippen molar-refractivity contribution >= 4 is 11.9 Å². The number of rotatable bonds is 6. The molecule has 7 heteroatoms. The van der Waals surface area contributed by atoms with E-state index in [-0.39, 0.29) is 31.4 Å². The molecule has 0 aliphatic rings. The third kappa shape index (κ3) is 4.23. The largest absolute Gasteiger partial charge is 0.480 e. The van der Waals surface area contributed by atoms with Crippen molar-refractivity contribution in [3.8, 4) is 0 Å². The summed E-state index contributed by atoms with van der Waals surface area (Å²) in [4.78, 5) is 25.7. The van der Waals surface area contributed by atoms with Gasteiger partial charge in [-0.2, -0.15) is 0 Å².